The van der Waals surface area contributed by atoms with Gasteiger partial charge in [-0.15, -0.1) is 24.0 Å². The highest BCUT2D eigenvalue weighted by Gasteiger charge is 2.16. The maximum absolute atomic E-state index is 12.0. The van der Waals surface area contributed by atoms with Gasteiger partial charge in [-0.2, -0.15) is 0 Å². The molecule has 7 heteroatoms. The van der Waals surface area contributed by atoms with Crippen molar-refractivity contribution in [2.75, 3.05) is 33.2 Å². The molecular weight excluding hydrogens is 465 g/mol. The fourth-order valence-electron chi connectivity index (χ4n) is 3.06. The number of rotatable bonds is 5. The van der Waals surface area contributed by atoms with Crippen LogP contribution in [0.15, 0.2) is 65.9 Å². The zero-order valence-corrected chi connectivity index (χ0v) is 18.3. The van der Waals surface area contributed by atoms with Gasteiger partial charge in [-0.3, -0.25) is 14.8 Å². The van der Waals surface area contributed by atoms with E-state index in [1.807, 2.05) is 6.07 Å². The van der Waals surface area contributed by atoms with E-state index in [1.54, 1.807) is 31.6 Å². The number of amides is 1. The Kier molecular flexibility index (Phi) is 8.93. The number of aliphatic imine (C=N–C) groups is 1. The van der Waals surface area contributed by atoms with Crippen LogP contribution in [-0.4, -0.2) is 55.0 Å². The molecule has 3 rings (SSSR count). The molecule has 0 atom stereocenters. The van der Waals surface area contributed by atoms with E-state index in [1.165, 1.54) is 11.1 Å². The Morgan fingerprint density at radius 2 is 1.93 bits per heavy atom. The molecule has 1 aliphatic heterocycles. The first-order chi connectivity index (χ1) is 13.3. The molecule has 0 unspecified atom stereocenters. The molecule has 0 spiro atoms. The van der Waals surface area contributed by atoms with Crippen molar-refractivity contribution in [3.63, 3.8) is 0 Å². The Morgan fingerprint density at radius 1 is 1.14 bits per heavy atom. The van der Waals surface area contributed by atoms with Gasteiger partial charge in [0, 0.05) is 45.6 Å². The highest BCUT2D eigenvalue weighted by atomic mass is 127. The predicted molar refractivity (Wildman–Crippen MR) is 124 cm³/mol. The highest BCUT2D eigenvalue weighted by molar-refractivity contribution is 14.0. The van der Waals surface area contributed by atoms with Gasteiger partial charge in [0.05, 0.1) is 5.56 Å². The fraction of sp³-hybridized carbons (Fsp3) is 0.286. The van der Waals surface area contributed by atoms with E-state index in [9.17, 15) is 4.79 Å². The van der Waals surface area contributed by atoms with E-state index < -0.39 is 0 Å². The van der Waals surface area contributed by atoms with Gasteiger partial charge >= 0.3 is 0 Å². The Morgan fingerprint density at radius 3 is 2.57 bits per heavy atom. The number of pyridine rings is 1. The van der Waals surface area contributed by atoms with Crippen LogP contribution in [0.5, 0.6) is 0 Å². The van der Waals surface area contributed by atoms with E-state index in [0.29, 0.717) is 18.7 Å². The van der Waals surface area contributed by atoms with Gasteiger partial charge in [0.2, 0.25) is 0 Å². The van der Waals surface area contributed by atoms with Crippen molar-refractivity contribution >= 4 is 41.4 Å². The number of benzene rings is 1. The van der Waals surface area contributed by atoms with Gasteiger partial charge < -0.3 is 15.5 Å². The first-order valence-corrected chi connectivity index (χ1v) is 9.16. The van der Waals surface area contributed by atoms with Crippen molar-refractivity contribution in [2.24, 2.45) is 4.99 Å². The van der Waals surface area contributed by atoms with E-state index in [0.717, 1.165) is 25.5 Å². The lowest BCUT2D eigenvalue weighted by molar-refractivity contribution is 0.0954. The molecular formula is C21H26IN5O. The second-order valence-corrected chi connectivity index (χ2v) is 6.26. The summed E-state index contributed by atoms with van der Waals surface area (Å²) in [7, 11) is 1.78. The Bertz CT molecular complexity index is 808. The van der Waals surface area contributed by atoms with Crippen LogP contribution in [-0.2, 0) is 0 Å². The van der Waals surface area contributed by atoms with E-state index in [4.69, 9.17) is 0 Å². The molecule has 0 fully saturated rings. The molecule has 0 radical (unpaired) electrons. The number of guanidine groups is 1. The number of aromatic nitrogens is 1. The summed E-state index contributed by atoms with van der Waals surface area (Å²) in [6, 6.07) is 14.0. The van der Waals surface area contributed by atoms with Crippen molar-refractivity contribution in [2.45, 2.75) is 6.42 Å². The summed E-state index contributed by atoms with van der Waals surface area (Å²) in [6.45, 7) is 2.88. The largest absolute Gasteiger partial charge is 0.354 e. The molecule has 0 bridgehead atoms. The molecule has 1 aliphatic rings. The number of nitrogens with zero attached hydrogens (tertiary/aromatic N) is 3. The minimum absolute atomic E-state index is 0. The Hall–Kier alpha value is -2.42. The molecule has 2 aromatic rings. The van der Waals surface area contributed by atoms with Crippen molar-refractivity contribution in [3.8, 4) is 0 Å². The topological polar surface area (TPSA) is 69.6 Å². The monoisotopic (exact) mass is 491 g/mol. The summed E-state index contributed by atoms with van der Waals surface area (Å²) < 4.78 is 0. The lowest BCUT2D eigenvalue weighted by atomic mass is 10.00. The third kappa shape index (κ3) is 6.05. The average Bonchev–Trinajstić information content (AvgIpc) is 2.75. The lowest BCUT2D eigenvalue weighted by Crippen LogP contribution is -2.45. The zero-order chi connectivity index (χ0) is 18.9. The molecule has 2 heterocycles. The van der Waals surface area contributed by atoms with Crippen LogP contribution >= 0.6 is 24.0 Å². The summed E-state index contributed by atoms with van der Waals surface area (Å²) in [4.78, 5) is 22.5. The molecule has 2 N–H and O–H groups in total. The molecule has 6 nitrogen and oxygen atoms in total. The lowest BCUT2D eigenvalue weighted by Gasteiger charge is -2.29. The van der Waals surface area contributed by atoms with E-state index >= 15 is 0 Å². The molecule has 1 aromatic heterocycles. The SMILES string of the molecule is CN=C(NCCNC(=O)c1cccnc1)N1CC=C(c2ccccc2)CC1.I. The average molecular weight is 491 g/mol. The molecule has 0 saturated carbocycles. The first-order valence-electron chi connectivity index (χ1n) is 9.16. The van der Waals surface area contributed by atoms with Crippen molar-refractivity contribution in [3.05, 3.63) is 72.1 Å². The second-order valence-electron chi connectivity index (χ2n) is 6.26. The van der Waals surface area contributed by atoms with E-state index in [2.05, 4.69) is 55.9 Å². The van der Waals surface area contributed by atoms with Crippen LogP contribution in [0.3, 0.4) is 0 Å². The molecule has 1 amide bonds. The second kappa shape index (κ2) is 11.4. The molecule has 0 saturated heterocycles. The van der Waals surface area contributed by atoms with Crippen LogP contribution in [0, 0.1) is 0 Å². The predicted octanol–water partition coefficient (Wildman–Crippen LogP) is 2.79. The quantitative estimate of drug-likeness (QED) is 0.292. The maximum atomic E-state index is 12.0. The number of hydrogen-bond acceptors (Lipinski definition) is 3. The van der Waals surface area contributed by atoms with Crippen LogP contribution in [0.25, 0.3) is 5.57 Å². The molecule has 0 aliphatic carbocycles. The van der Waals surface area contributed by atoms with Crippen LogP contribution in [0.4, 0.5) is 0 Å². The standard InChI is InChI=1S/C21H25N5O.HI/c1-22-21(25-13-12-24-20(27)19-8-5-11-23-16-19)26-14-9-18(10-15-26)17-6-3-2-4-7-17;/h2-9,11,16H,10,12-15H2,1H3,(H,22,25)(H,24,27);1H. The zero-order valence-electron chi connectivity index (χ0n) is 16.0. The molecule has 148 valence electrons. The normalized spacial score (nSPS) is 14.0. The third-order valence-electron chi connectivity index (χ3n) is 4.48. The summed E-state index contributed by atoms with van der Waals surface area (Å²) in [6.07, 6.45) is 6.46. The van der Waals surface area contributed by atoms with Crippen LogP contribution in [0.1, 0.15) is 22.3 Å². The smallest absolute Gasteiger partial charge is 0.252 e. The van der Waals surface area contributed by atoms with Crippen molar-refractivity contribution in [1.29, 1.82) is 0 Å². The Labute approximate surface area is 183 Å². The molecule has 1 aromatic carbocycles. The number of hydrogen-bond donors (Lipinski definition) is 2. The van der Waals surface area contributed by atoms with Crippen molar-refractivity contribution in [1.82, 2.24) is 20.5 Å². The van der Waals surface area contributed by atoms with Gasteiger partial charge in [0.1, 0.15) is 0 Å². The first kappa shape index (κ1) is 21.9. The number of halogens is 1. The Balaban J connectivity index is 0.00000280. The van der Waals surface area contributed by atoms with Crippen molar-refractivity contribution < 1.29 is 4.79 Å². The van der Waals surface area contributed by atoms with Crippen LogP contribution < -0.4 is 10.6 Å². The summed E-state index contributed by atoms with van der Waals surface area (Å²) in [5, 5.41) is 6.20. The number of carbonyl (C=O) groups is 1. The van der Waals surface area contributed by atoms with Gasteiger partial charge in [0.15, 0.2) is 5.96 Å². The third-order valence-corrected chi connectivity index (χ3v) is 4.48. The molecule has 28 heavy (non-hydrogen) atoms. The summed E-state index contributed by atoms with van der Waals surface area (Å²) >= 11 is 0. The van der Waals surface area contributed by atoms with Crippen LogP contribution in [0.2, 0.25) is 0 Å². The fourth-order valence-corrected chi connectivity index (χ4v) is 3.06. The minimum atomic E-state index is -0.117. The van der Waals surface area contributed by atoms with Gasteiger partial charge in [-0.25, -0.2) is 0 Å². The number of nitrogens with one attached hydrogen (secondary N) is 2. The highest BCUT2D eigenvalue weighted by Crippen LogP contribution is 2.21. The van der Waals surface area contributed by atoms with Gasteiger partial charge in [-0.05, 0) is 29.7 Å². The summed E-state index contributed by atoms with van der Waals surface area (Å²) in [5.41, 5.74) is 3.24. The maximum Gasteiger partial charge on any atom is 0.252 e. The van der Waals surface area contributed by atoms with Gasteiger partial charge in [0.25, 0.3) is 5.91 Å². The van der Waals surface area contributed by atoms with Gasteiger partial charge in [-0.1, -0.05) is 36.4 Å². The minimum Gasteiger partial charge on any atom is -0.354 e. The number of carbonyl (C=O) groups excluding carboxylic acids is 1. The summed E-state index contributed by atoms with van der Waals surface area (Å²) in [5.74, 6) is 0.738. The van der Waals surface area contributed by atoms with E-state index in [-0.39, 0.29) is 29.9 Å².